The highest BCUT2D eigenvalue weighted by Crippen LogP contribution is 2.39. The lowest BCUT2D eigenvalue weighted by molar-refractivity contribution is -0.144. The molecule has 1 N–H and O–H groups in total. The number of urea groups is 1. The maximum atomic E-state index is 14.2. The zero-order valence-electron chi connectivity index (χ0n) is 16.4. The predicted molar refractivity (Wildman–Crippen MR) is 113 cm³/mol. The maximum Gasteiger partial charge on any atom is 0.337 e. The minimum atomic E-state index is -0.527. The summed E-state index contributed by atoms with van der Waals surface area (Å²) in [5, 5.41) is 1.22. The number of hydrogen-bond acceptors (Lipinski definition) is 4. The molecule has 0 aromatic heterocycles. The summed E-state index contributed by atoms with van der Waals surface area (Å²) in [6, 6.07) is 16.1. The van der Waals surface area contributed by atoms with Crippen LogP contribution in [0.3, 0.4) is 0 Å². The monoisotopic (exact) mass is 426 g/mol. The summed E-state index contributed by atoms with van der Waals surface area (Å²) >= 11 is 1.63. The number of benzene rings is 2. The molecule has 3 unspecified atom stereocenters. The Balaban J connectivity index is 1.39. The fourth-order valence-corrected chi connectivity index (χ4v) is 5.86. The Morgan fingerprint density at radius 3 is 2.63 bits per heavy atom. The summed E-state index contributed by atoms with van der Waals surface area (Å²) in [6.45, 7) is 0.630. The topological polar surface area (TPSA) is 55.9 Å². The highest BCUT2D eigenvalue weighted by molar-refractivity contribution is 8.00. The van der Waals surface area contributed by atoms with Gasteiger partial charge in [0.25, 0.3) is 0 Å². The second-order valence-electron chi connectivity index (χ2n) is 7.78. The van der Waals surface area contributed by atoms with E-state index in [1.165, 1.54) is 11.1 Å². The van der Waals surface area contributed by atoms with E-state index < -0.39 is 6.29 Å². The molecule has 0 bridgehead atoms. The molecule has 3 atom stereocenters. The fraction of sp³-hybridized carbons (Fsp3) is 0.364. The molecule has 3 fully saturated rings. The summed E-state index contributed by atoms with van der Waals surface area (Å²) in [7, 11) is 0. The maximum absolute atomic E-state index is 14.2. The highest BCUT2D eigenvalue weighted by Gasteiger charge is 2.55. The second kappa shape index (κ2) is 7.92. The van der Waals surface area contributed by atoms with Crippen molar-refractivity contribution < 1.29 is 14.0 Å². The molecule has 0 radical (unpaired) electrons. The smallest absolute Gasteiger partial charge is 0.307 e. The third-order valence-corrected chi connectivity index (χ3v) is 7.34. The van der Waals surface area contributed by atoms with E-state index >= 15 is 0 Å². The third kappa shape index (κ3) is 3.33. The summed E-state index contributed by atoms with van der Waals surface area (Å²) in [5.74, 6) is 0.591. The molecule has 3 heterocycles. The van der Waals surface area contributed by atoms with Crippen LogP contribution in [0.15, 0.2) is 54.6 Å². The quantitative estimate of drug-likeness (QED) is 0.799. The third-order valence-electron chi connectivity index (χ3n) is 6.00. The molecular formula is C22H23FN4O2S. The van der Waals surface area contributed by atoms with E-state index in [0.29, 0.717) is 18.5 Å². The number of hydrogen-bond donors (Lipinski definition) is 1. The molecule has 2 aromatic rings. The fourth-order valence-electron chi connectivity index (χ4n) is 4.46. The number of amides is 3. The molecule has 0 aliphatic carbocycles. The minimum absolute atomic E-state index is 0.0766. The van der Waals surface area contributed by atoms with Crippen molar-refractivity contribution >= 4 is 23.7 Å². The van der Waals surface area contributed by atoms with Crippen LogP contribution in [0.2, 0.25) is 0 Å². The van der Waals surface area contributed by atoms with Gasteiger partial charge < -0.3 is 4.90 Å². The summed E-state index contributed by atoms with van der Waals surface area (Å²) in [4.78, 5) is 30.0. The van der Waals surface area contributed by atoms with Crippen molar-refractivity contribution in [3.05, 3.63) is 71.5 Å². The lowest BCUT2D eigenvalue weighted by Crippen LogP contribution is -2.66. The minimum Gasteiger partial charge on any atom is -0.307 e. The normalized spacial score (nSPS) is 25.6. The number of nitrogens with one attached hydrogen (secondary N) is 1. The Labute approximate surface area is 179 Å². The first-order chi connectivity index (χ1) is 14.6. The molecule has 8 heteroatoms. The van der Waals surface area contributed by atoms with Crippen LogP contribution in [0.25, 0.3) is 0 Å². The average molecular weight is 427 g/mol. The zero-order valence-corrected chi connectivity index (χ0v) is 17.2. The van der Waals surface area contributed by atoms with Gasteiger partial charge in [-0.3, -0.25) is 14.7 Å². The number of thioether (sulfide) groups is 1. The summed E-state index contributed by atoms with van der Waals surface area (Å²) in [5.41, 5.74) is 4.77. The van der Waals surface area contributed by atoms with E-state index in [2.05, 4.69) is 5.43 Å². The first-order valence-electron chi connectivity index (χ1n) is 10.2. The molecule has 30 heavy (non-hydrogen) atoms. The van der Waals surface area contributed by atoms with E-state index in [9.17, 15) is 14.0 Å². The van der Waals surface area contributed by atoms with Crippen molar-refractivity contribution in [1.29, 1.82) is 0 Å². The van der Waals surface area contributed by atoms with Gasteiger partial charge in [-0.2, -0.15) is 5.43 Å². The molecule has 0 saturated carbocycles. The van der Waals surface area contributed by atoms with Gasteiger partial charge in [-0.1, -0.05) is 48.5 Å². The molecule has 5 rings (SSSR count). The van der Waals surface area contributed by atoms with Gasteiger partial charge in [0.05, 0.1) is 12.6 Å². The zero-order chi connectivity index (χ0) is 20.7. The Kier molecular flexibility index (Phi) is 5.12. The SMILES string of the molecule is O=C1C2SCCC2N2C(=O)N(Cc3ccccc3F)NC2N1CCc1ccccc1. The molecule has 3 aliphatic heterocycles. The lowest BCUT2D eigenvalue weighted by Gasteiger charge is -2.44. The molecule has 0 spiro atoms. The molecule has 3 saturated heterocycles. The summed E-state index contributed by atoms with van der Waals surface area (Å²) < 4.78 is 14.2. The number of nitrogens with zero attached hydrogens (tertiary/aromatic N) is 3. The van der Waals surface area contributed by atoms with Crippen LogP contribution in [0.5, 0.6) is 0 Å². The number of carbonyl (C=O) groups is 2. The molecule has 3 amide bonds. The first-order valence-corrected chi connectivity index (χ1v) is 11.2. The average Bonchev–Trinajstić information content (AvgIpc) is 3.36. The number of halogens is 1. The van der Waals surface area contributed by atoms with Gasteiger partial charge in [0.15, 0.2) is 6.29 Å². The Hall–Kier alpha value is -2.58. The van der Waals surface area contributed by atoms with Crippen LogP contribution >= 0.6 is 11.8 Å². The molecule has 3 aliphatic rings. The molecule has 6 nitrogen and oxygen atoms in total. The van der Waals surface area contributed by atoms with Crippen molar-refractivity contribution in [2.24, 2.45) is 0 Å². The lowest BCUT2D eigenvalue weighted by atomic mass is 10.0. The molecular weight excluding hydrogens is 403 g/mol. The number of hydrazine groups is 1. The number of rotatable bonds is 5. The Bertz CT molecular complexity index is 959. The van der Waals surface area contributed by atoms with Crippen molar-refractivity contribution in [3.8, 4) is 0 Å². The van der Waals surface area contributed by atoms with E-state index in [-0.39, 0.29) is 35.6 Å². The van der Waals surface area contributed by atoms with Crippen LogP contribution in [0, 0.1) is 5.82 Å². The van der Waals surface area contributed by atoms with Gasteiger partial charge in [-0.15, -0.1) is 11.8 Å². The van der Waals surface area contributed by atoms with Gasteiger partial charge >= 0.3 is 6.03 Å². The van der Waals surface area contributed by atoms with E-state index in [4.69, 9.17) is 0 Å². The number of carbonyl (C=O) groups excluding carboxylic acids is 2. The van der Waals surface area contributed by atoms with Crippen molar-refractivity contribution in [2.45, 2.75) is 37.0 Å². The van der Waals surface area contributed by atoms with Crippen LogP contribution in [0.4, 0.5) is 9.18 Å². The van der Waals surface area contributed by atoms with Gasteiger partial charge in [0, 0.05) is 12.1 Å². The highest BCUT2D eigenvalue weighted by atomic mass is 32.2. The largest absolute Gasteiger partial charge is 0.337 e. The molecule has 156 valence electrons. The van der Waals surface area contributed by atoms with Crippen molar-refractivity contribution in [3.63, 3.8) is 0 Å². The van der Waals surface area contributed by atoms with E-state index in [1.807, 2.05) is 30.3 Å². The van der Waals surface area contributed by atoms with Gasteiger partial charge in [-0.05, 0) is 30.2 Å². The van der Waals surface area contributed by atoms with Gasteiger partial charge in [-0.25, -0.2) is 9.18 Å². The van der Waals surface area contributed by atoms with E-state index in [0.717, 1.165) is 17.7 Å². The van der Waals surface area contributed by atoms with Crippen molar-refractivity contribution in [1.82, 2.24) is 20.2 Å². The standard InChI is InChI=1S/C22H23FN4O2S/c23-17-9-5-4-8-16(17)14-26-22(29)27-18-11-13-30-19(18)20(28)25(21(27)24-26)12-10-15-6-2-1-3-7-15/h1-9,18-19,21,24H,10-14H2. The molecule has 2 aromatic carbocycles. The van der Waals surface area contributed by atoms with Gasteiger partial charge in [0.2, 0.25) is 5.91 Å². The van der Waals surface area contributed by atoms with Crippen LogP contribution in [-0.2, 0) is 17.8 Å². The van der Waals surface area contributed by atoms with Crippen LogP contribution in [0.1, 0.15) is 17.5 Å². The Morgan fingerprint density at radius 2 is 1.83 bits per heavy atom. The predicted octanol–water partition coefficient (Wildman–Crippen LogP) is 2.81. The Morgan fingerprint density at radius 1 is 1.07 bits per heavy atom. The van der Waals surface area contributed by atoms with Crippen LogP contribution in [-0.4, -0.2) is 56.6 Å². The summed E-state index contributed by atoms with van der Waals surface area (Å²) in [6.07, 6.45) is 0.980. The number of fused-ring (bicyclic) bond motifs is 3. The van der Waals surface area contributed by atoms with Crippen molar-refractivity contribution in [2.75, 3.05) is 12.3 Å². The van der Waals surface area contributed by atoms with Crippen LogP contribution < -0.4 is 5.43 Å². The first kappa shape index (κ1) is 19.4. The van der Waals surface area contributed by atoms with E-state index in [1.54, 1.807) is 39.8 Å². The second-order valence-corrected chi connectivity index (χ2v) is 9.03. The van der Waals surface area contributed by atoms with Gasteiger partial charge in [0.1, 0.15) is 11.1 Å².